The van der Waals surface area contributed by atoms with Gasteiger partial charge in [0.25, 0.3) is 15.8 Å². The highest BCUT2D eigenvalue weighted by atomic mass is 79.9. The van der Waals surface area contributed by atoms with Gasteiger partial charge in [0.1, 0.15) is 4.90 Å². The third-order valence-electron chi connectivity index (χ3n) is 5.85. The topological polar surface area (TPSA) is 141 Å². The molecular formula is C19H28BrF3N4O7S2. The molecule has 17 heteroatoms. The lowest BCUT2D eigenvalue weighted by atomic mass is 10.1. The van der Waals surface area contributed by atoms with Crippen LogP contribution in [0, 0.1) is 10.1 Å². The molecule has 0 spiro atoms. The van der Waals surface area contributed by atoms with Gasteiger partial charge in [-0.25, -0.2) is 8.42 Å². The maximum absolute atomic E-state index is 14.1. The molecule has 1 aliphatic heterocycles. The summed E-state index contributed by atoms with van der Waals surface area (Å²) in [5.41, 5.74) is -3.35. The highest BCUT2D eigenvalue weighted by Gasteiger charge is 2.42. The summed E-state index contributed by atoms with van der Waals surface area (Å²) in [6.45, 7) is -0.513. The van der Waals surface area contributed by atoms with E-state index in [9.17, 15) is 40.1 Å². The molecule has 0 bridgehead atoms. The van der Waals surface area contributed by atoms with Crippen molar-refractivity contribution in [1.29, 1.82) is 0 Å². The third kappa shape index (κ3) is 7.74. The van der Waals surface area contributed by atoms with E-state index in [0.717, 1.165) is 9.21 Å². The number of non-ortho nitro benzene ring substituents is 1. The number of piperidine rings is 1. The lowest BCUT2D eigenvalue weighted by molar-refractivity contribution is -0.385. The molecule has 0 saturated carbocycles. The molecule has 36 heavy (non-hydrogen) atoms. The van der Waals surface area contributed by atoms with E-state index in [1.807, 2.05) is 19.0 Å². The van der Waals surface area contributed by atoms with Crippen molar-refractivity contribution in [3.63, 3.8) is 0 Å². The second-order valence-corrected chi connectivity index (χ2v) is 12.8. The minimum absolute atomic E-state index is 0.00979. The van der Waals surface area contributed by atoms with Gasteiger partial charge >= 0.3 is 6.18 Å². The Hall–Kier alpha value is -1.53. The molecule has 1 aliphatic rings. The molecule has 0 unspecified atom stereocenters. The van der Waals surface area contributed by atoms with Gasteiger partial charge in [-0.05, 0) is 33.4 Å². The lowest BCUT2D eigenvalue weighted by Gasteiger charge is -2.36. The smallest absolute Gasteiger partial charge is 0.369 e. The molecule has 0 atom stereocenters. The summed E-state index contributed by atoms with van der Waals surface area (Å²) < 4.78 is 102. The summed E-state index contributed by atoms with van der Waals surface area (Å²) in [4.78, 5) is 12.4. The van der Waals surface area contributed by atoms with Crippen molar-refractivity contribution in [2.24, 2.45) is 0 Å². The Kier molecular flexibility index (Phi) is 10.1. The van der Waals surface area contributed by atoms with E-state index >= 15 is 0 Å². The minimum atomic E-state index is -5.16. The van der Waals surface area contributed by atoms with Crippen LogP contribution in [0.25, 0.3) is 0 Å². The molecule has 0 amide bonds. The Morgan fingerprint density at radius 2 is 1.75 bits per heavy atom. The van der Waals surface area contributed by atoms with Crippen LogP contribution in [0.4, 0.5) is 24.5 Å². The first-order valence-corrected chi connectivity index (χ1v) is 15.0. The first-order valence-electron chi connectivity index (χ1n) is 10.8. The largest absolute Gasteiger partial charge is 0.418 e. The average Bonchev–Trinajstić information content (AvgIpc) is 2.76. The predicted molar refractivity (Wildman–Crippen MR) is 131 cm³/mol. The summed E-state index contributed by atoms with van der Waals surface area (Å²) >= 11 is 3.10. The number of nitro benzene ring substituents is 1. The van der Waals surface area contributed by atoms with Crippen molar-refractivity contribution in [1.82, 2.24) is 9.21 Å². The quantitative estimate of drug-likeness (QED) is 0.170. The molecule has 0 radical (unpaired) electrons. The number of alkyl halides is 4. The van der Waals surface area contributed by atoms with Crippen LogP contribution in [0.3, 0.4) is 0 Å². The molecule has 1 saturated heterocycles. The summed E-state index contributed by atoms with van der Waals surface area (Å²) in [6, 6.07) is 0.954. The van der Waals surface area contributed by atoms with Gasteiger partial charge in [0.2, 0.25) is 10.0 Å². The van der Waals surface area contributed by atoms with E-state index in [-0.39, 0.29) is 50.0 Å². The Labute approximate surface area is 216 Å². The second-order valence-electron chi connectivity index (χ2n) is 8.51. The minimum Gasteiger partial charge on any atom is -0.369 e. The van der Waals surface area contributed by atoms with Crippen LogP contribution >= 0.6 is 15.9 Å². The highest BCUT2D eigenvalue weighted by Crippen LogP contribution is 2.44. The summed E-state index contributed by atoms with van der Waals surface area (Å²) in [7, 11) is -5.38. The molecule has 1 N–H and O–H groups in total. The standard InChI is InChI=1S/C19H28BrF3N4O7S2/c1-24(2)14-4-8-26(9-5-14)36(33,34)17-13-15(27(28)29)12-16(19(21,22)23)18(17)25(10-6-20)7-3-11-35(30,31)32/h12-14H,3-11H2,1-2H3,(H,30,31,32). The molecule has 1 aromatic carbocycles. The van der Waals surface area contributed by atoms with Crippen LogP contribution in [0.2, 0.25) is 0 Å². The summed E-state index contributed by atoms with van der Waals surface area (Å²) in [6.07, 6.45) is -4.63. The molecule has 206 valence electrons. The van der Waals surface area contributed by atoms with Gasteiger partial charge in [-0.15, -0.1) is 0 Å². The van der Waals surface area contributed by atoms with Gasteiger partial charge in [0, 0.05) is 49.7 Å². The van der Waals surface area contributed by atoms with Crippen molar-refractivity contribution < 1.29 is 39.5 Å². The van der Waals surface area contributed by atoms with Gasteiger partial charge in [-0.1, -0.05) is 15.9 Å². The molecule has 0 aliphatic carbocycles. The van der Waals surface area contributed by atoms with Gasteiger partial charge in [-0.2, -0.15) is 25.9 Å². The second kappa shape index (κ2) is 11.9. The zero-order valence-electron chi connectivity index (χ0n) is 19.6. The van der Waals surface area contributed by atoms with Crippen LogP contribution in [0.1, 0.15) is 24.8 Å². The third-order valence-corrected chi connectivity index (χ3v) is 8.92. The van der Waals surface area contributed by atoms with E-state index in [1.165, 1.54) is 0 Å². The lowest BCUT2D eigenvalue weighted by Crippen LogP contribution is -2.45. The fourth-order valence-electron chi connectivity index (χ4n) is 4.05. The van der Waals surface area contributed by atoms with Crippen molar-refractivity contribution in [2.75, 3.05) is 56.3 Å². The van der Waals surface area contributed by atoms with Crippen LogP contribution in [-0.4, -0.2) is 92.9 Å². The van der Waals surface area contributed by atoms with Crippen molar-refractivity contribution in [3.05, 3.63) is 27.8 Å². The number of nitro groups is 1. The maximum Gasteiger partial charge on any atom is 0.418 e. The number of halogens is 4. The molecule has 0 aromatic heterocycles. The zero-order valence-corrected chi connectivity index (χ0v) is 22.8. The van der Waals surface area contributed by atoms with E-state index in [0.29, 0.717) is 18.9 Å². The van der Waals surface area contributed by atoms with Crippen molar-refractivity contribution in [3.8, 4) is 0 Å². The van der Waals surface area contributed by atoms with Crippen molar-refractivity contribution >= 4 is 47.4 Å². The SMILES string of the molecule is CN(C)C1CCN(S(=O)(=O)c2cc([N+](=O)[O-])cc(C(F)(F)F)c2N(CCBr)CCCS(=O)(=O)O)CC1. The Morgan fingerprint density at radius 3 is 2.19 bits per heavy atom. The van der Waals surface area contributed by atoms with Crippen molar-refractivity contribution in [2.45, 2.75) is 36.4 Å². The predicted octanol–water partition coefficient (Wildman–Crippen LogP) is 2.81. The average molecular weight is 625 g/mol. The fourth-order valence-corrected chi connectivity index (χ4v) is 6.70. The van der Waals surface area contributed by atoms with Gasteiger partial charge in [-0.3, -0.25) is 14.7 Å². The van der Waals surface area contributed by atoms with Gasteiger partial charge < -0.3 is 9.80 Å². The molecule has 2 rings (SSSR count). The molecular weight excluding hydrogens is 597 g/mol. The monoisotopic (exact) mass is 624 g/mol. The Balaban J connectivity index is 2.71. The zero-order chi connectivity index (χ0) is 27.5. The van der Waals surface area contributed by atoms with Crippen LogP contribution in [-0.2, 0) is 26.3 Å². The number of hydrogen-bond donors (Lipinski definition) is 1. The number of nitrogens with zero attached hydrogens (tertiary/aromatic N) is 4. The summed E-state index contributed by atoms with van der Waals surface area (Å²) in [5.74, 6) is -0.764. The molecule has 1 heterocycles. The molecule has 1 fully saturated rings. The number of rotatable bonds is 11. The first-order chi connectivity index (χ1) is 16.5. The normalized spacial score (nSPS) is 16.4. The fraction of sp³-hybridized carbons (Fsp3) is 0.684. The molecule has 1 aromatic rings. The first kappa shape index (κ1) is 30.7. The number of anilines is 1. The number of sulfonamides is 1. The Bertz CT molecular complexity index is 1160. The van der Waals surface area contributed by atoms with Gasteiger partial charge in [0.05, 0.1) is 21.9 Å². The number of benzene rings is 1. The maximum atomic E-state index is 14.1. The Morgan fingerprint density at radius 1 is 1.17 bits per heavy atom. The van der Waals surface area contributed by atoms with Crippen LogP contribution < -0.4 is 4.90 Å². The van der Waals surface area contributed by atoms with E-state index in [4.69, 9.17) is 4.55 Å². The van der Waals surface area contributed by atoms with E-state index < -0.39 is 58.8 Å². The number of hydrogen-bond acceptors (Lipinski definition) is 8. The van der Waals surface area contributed by atoms with Gasteiger partial charge in [0.15, 0.2) is 0 Å². The van der Waals surface area contributed by atoms with Crippen LogP contribution in [0.15, 0.2) is 17.0 Å². The van der Waals surface area contributed by atoms with E-state index in [2.05, 4.69) is 15.9 Å². The summed E-state index contributed by atoms with van der Waals surface area (Å²) in [5, 5.41) is 11.5. The van der Waals surface area contributed by atoms with Crippen LogP contribution in [0.5, 0.6) is 0 Å². The highest BCUT2D eigenvalue weighted by molar-refractivity contribution is 9.09. The van der Waals surface area contributed by atoms with E-state index in [1.54, 1.807) is 0 Å². The molecule has 11 nitrogen and oxygen atoms in total.